The normalized spacial score (nSPS) is 11.7. The first kappa shape index (κ1) is 18.9. The van der Waals surface area contributed by atoms with Gasteiger partial charge in [0.25, 0.3) is 5.91 Å². The molecule has 0 saturated heterocycles. The molecule has 0 spiro atoms. The molecule has 0 fully saturated rings. The highest BCUT2D eigenvalue weighted by atomic mass is 35.5. The highest BCUT2D eigenvalue weighted by Crippen LogP contribution is 2.21. The first-order valence-corrected chi connectivity index (χ1v) is 8.90. The Morgan fingerprint density at radius 3 is 2.37 bits per heavy atom. The van der Waals surface area contributed by atoms with Crippen LogP contribution in [0.5, 0.6) is 5.75 Å². The van der Waals surface area contributed by atoms with Gasteiger partial charge in [-0.25, -0.2) is 9.97 Å². The van der Waals surface area contributed by atoms with Crippen LogP contribution in [0.4, 0.5) is 0 Å². The minimum absolute atomic E-state index is 0.157. The number of amides is 1. The molecule has 138 valence electrons. The molecular weight excluding hydrogens is 362 g/mol. The number of aromatic nitrogens is 2. The van der Waals surface area contributed by atoms with E-state index in [0.717, 1.165) is 16.9 Å². The number of methoxy groups -OCH3 is 1. The van der Waals surface area contributed by atoms with E-state index in [4.69, 9.17) is 16.3 Å². The topological polar surface area (TPSA) is 64.1 Å². The van der Waals surface area contributed by atoms with Crippen molar-refractivity contribution in [3.63, 3.8) is 0 Å². The number of hydrogen-bond donors (Lipinski definition) is 1. The molecule has 1 heterocycles. The average Bonchev–Trinajstić information content (AvgIpc) is 2.68. The van der Waals surface area contributed by atoms with Crippen molar-refractivity contribution < 1.29 is 9.53 Å². The standard InChI is InChI=1S/C21H20ClN3O2/c1-13(15-4-8-17(22)9-5-15)25-21(26)19-12-23-20(24-14(19)2)16-6-10-18(27-3)11-7-16/h4-13H,1-3H3,(H,25,26)/t13-/m1/s1. The molecule has 1 N–H and O–H groups in total. The van der Waals surface area contributed by atoms with E-state index in [0.29, 0.717) is 22.1 Å². The van der Waals surface area contributed by atoms with Gasteiger partial charge in [-0.1, -0.05) is 23.7 Å². The molecule has 0 aliphatic rings. The van der Waals surface area contributed by atoms with Gasteiger partial charge in [0.2, 0.25) is 0 Å². The summed E-state index contributed by atoms with van der Waals surface area (Å²) in [5.74, 6) is 1.12. The lowest BCUT2D eigenvalue weighted by atomic mass is 10.1. The number of halogens is 1. The monoisotopic (exact) mass is 381 g/mol. The van der Waals surface area contributed by atoms with Gasteiger partial charge < -0.3 is 10.1 Å². The number of carbonyl (C=O) groups excluding carboxylic acids is 1. The van der Waals surface area contributed by atoms with Crippen molar-refractivity contribution in [3.05, 3.63) is 76.6 Å². The Balaban J connectivity index is 1.76. The Morgan fingerprint density at radius 1 is 1.11 bits per heavy atom. The molecule has 6 heteroatoms. The van der Waals surface area contributed by atoms with Crippen molar-refractivity contribution in [1.82, 2.24) is 15.3 Å². The molecule has 5 nitrogen and oxygen atoms in total. The van der Waals surface area contributed by atoms with Gasteiger partial charge in [-0.15, -0.1) is 0 Å². The number of ether oxygens (including phenoxy) is 1. The molecule has 3 aromatic rings. The van der Waals surface area contributed by atoms with Gasteiger partial charge >= 0.3 is 0 Å². The van der Waals surface area contributed by atoms with Crippen LogP contribution in [0, 0.1) is 6.92 Å². The van der Waals surface area contributed by atoms with Crippen LogP contribution < -0.4 is 10.1 Å². The lowest BCUT2D eigenvalue weighted by molar-refractivity contribution is 0.0938. The SMILES string of the molecule is COc1ccc(-c2ncc(C(=O)N[C@H](C)c3ccc(Cl)cc3)c(C)n2)cc1. The van der Waals surface area contributed by atoms with Gasteiger partial charge in [0.1, 0.15) is 5.75 Å². The fraction of sp³-hybridized carbons (Fsp3) is 0.190. The van der Waals surface area contributed by atoms with Crippen molar-refractivity contribution in [3.8, 4) is 17.1 Å². The summed E-state index contributed by atoms with van der Waals surface area (Å²) in [5, 5.41) is 3.63. The molecule has 3 rings (SSSR count). The maximum Gasteiger partial charge on any atom is 0.255 e. The van der Waals surface area contributed by atoms with Crippen LogP contribution in [0.2, 0.25) is 5.02 Å². The minimum Gasteiger partial charge on any atom is -0.497 e. The van der Waals surface area contributed by atoms with Gasteiger partial charge in [-0.3, -0.25) is 4.79 Å². The van der Waals surface area contributed by atoms with Crippen LogP contribution in [0.15, 0.2) is 54.7 Å². The van der Waals surface area contributed by atoms with Crippen LogP contribution in [0.1, 0.15) is 34.6 Å². The average molecular weight is 382 g/mol. The van der Waals surface area contributed by atoms with Gasteiger partial charge in [-0.2, -0.15) is 0 Å². The number of nitrogens with zero attached hydrogens (tertiary/aromatic N) is 2. The fourth-order valence-corrected chi connectivity index (χ4v) is 2.80. The summed E-state index contributed by atoms with van der Waals surface area (Å²) in [6.07, 6.45) is 1.56. The highest BCUT2D eigenvalue weighted by Gasteiger charge is 2.16. The highest BCUT2D eigenvalue weighted by molar-refractivity contribution is 6.30. The van der Waals surface area contributed by atoms with E-state index >= 15 is 0 Å². The third-order valence-corrected chi connectivity index (χ3v) is 4.54. The maximum atomic E-state index is 12.6. The fourth-order valence-electron chi connectivity index (χ4n) is 2.68. The number of carbonyl (C=O) groups is 1. The van der Waals surface area contributed by atoms with Crippen molar-refractivity contribution in [2.75, 3.05) is 7.11 Å². The van der Waals surface area contributed by atoms with Gasteiger partial charge in [0.05, 0.1) is 24.4 Å². The molecule has 0 unspecified atom stereocenters. The van der Waals surface area contributed by atoms with E-state index in [1.807, 2.05) is 43.3 Å². The molecule has 0 saturated carbocycles. The largest absolute Gasteiger partial charge is 0.497 e. The number of hydrogen-bond acceptors (Lipinski definition) is 4. The zero-order valence-electron chi connectivity index (χ0n) is 15.4. The number of aryl methyl sites for hydroxylation is 1. The minimum atomic E-state index is -0.212. The van der Waals surface area contributed by atoms with Crippen LogP contribution >= 0.6 is 11.6 Å². The summed E-state index contributed by atoms with van der Waals surface area (Å²) in [7, 11) is 1.62. The van der Waals surface area contributed by atoms with Gasteiger partial charge in [0, 0.05) is 16.8 Å². The Bertz CT molecular complexity index is 941. The molecular formula is C21H20ClN3O2. The van der Waals surface area contributed by atoms with Crippen LogP contribution in [-0.4, -0.2) is 23.0 Å². The summed E-state index contributed by atoms with van der Waals surface area (Å²) in [6, 6.07) is 14.7. The van der Waals surface area contributed by atoms with E-state index in [1.54, 1.807) is 32.4 Å². The summed E-state index contributed by atoms with van der Waals surface area (Å²) in [4.78, 5) is 21.4. The lowest BCUT2D eigenvalue weighted by Gasteiger charge is -2.15. The molecule has 1 aromatic heterocycles. The van der Waals surface area contributed by atoms with Crippen LogP contribution in [0.25, 0.3) is 11.4 Å². The second-order valence-corrected chi connectivity index (χ2v) is 6.60. The van der Waals surface area contributed by atoms with Crippen molar-refractivity contribution in [2.45, 2.75) is 19.9 Å². The summed E-state index contributed by atoms with van der Waals surface area (Å²) in [6.45, 7) is 3.72. The molecule has 0 aliphatic heterocycles. The number of nitrogens with one attached hydrogen (secondary N) is 1. The van der Waals surface area contributed by atoms with E-state index < -0.39 is 0 Å². The summed E-state index contributed by atoms with van der Waals surface area (Å²) < 4.78 is 5.16. The molecule has 2 aromatic carbocycles. The van der Waals surface area contributed by atoms with Gasteiger partial charge in [0.15, 0.2) is 5.82 Å². The summed E-state index contributed by atoms with van der Waals surface area (Å²) in [5.41, 5.74) is 2.91. The second kappa shape index (κ2) is 8.18. The zero-order valence-corrected chi connectivity index (χ0v) is 16.1. The van der Waals surface area contributed by atoms with Crippen LogP contribution in [0.3, 0.4) is 0 Å². The maximum absolute atomic E-state index is 12.6. The Morgan fingerprint density at radius 2 is 1.78 bits per heavy atom. The Labute approximate surface area is 163 Å². The number of rotatable bonds is 5. The first-order chi connectivity index (χ1) is 13.0. The first-order valence-electron chi connectivity index (χ1n) is 8.52. The molecule has 0 aliphatic carbocycles. The van der Waals surface area contributed by atoms with Crippen LogP contribution in [-0.2, 0) is 0 Å². The summed E-state index contributed by atoms with van der Waals surface area (Å²) >= 11 is 5.91. The molecule has 0 radical (unpaired) electrons. The molecule has 0 bridgehead atoms. The molecule has 1 amide bonds. The zero-order chi connectivity index (χ0) is 19.4. The Hall–Kier alpha value is -2.92. The van der Waals surface area contributed by atoms with Crippen molar-refractivity contribution in [2.24, 2.45) is 0 Å². The van der Waals surface area contributed by atoms with E-state index in [1.165, 1.54) is 0 Å². The molecule has 1 atom stereocenters. The van der Waals surface area contributed by atoms with E-state index in [-0.39, 0.29) is 11.9 Å². The van der Waals surface area contributed by atoms with Gasteiger partial charge in [-0.05, 0) is 55.8 Å². The Kier molecular flexibility index (Phi) is 5.72. The second-order valence-electron chi connectivity index (χ2n) is 6.17. The predicted octanol–water partition coefficient (Wildman–Crippen LogP) is 4.61. The third-order valence-electron chi connectivity index (χ3n) is 4.29. The number of benzene rings is 2. The smallest absolute Gasteiger partial charge is 0.255 e. The van der Waals surface area contributed by atoms with Crippen molar-refractivity contribution >= 4 is 17.5 Å². The molecule has 27 heavy (non-hydrogen) atoms. The van der Waals surface area contributed by atoms with E-state index in [2.05, 4.69) is 15.3 Å². The third kappa shape index (κ3) is 4.44. The van der Waals surface area contributed by atoms with E-state index in [9.17, 15) is 4.79 Å². The predicted molar refractivity (Wildman–Crippen MR) is 106 cm³/mol. The van der Waals surface area contributed by atoms with Crippen molar-refractivity contribution in [1.29, 1.82) is 0 Å². The lowest BCUT2D eigenvalue weighted by Crippen LogP contribution is -2.27. The quantitative estimate of drug-likeness (QED) is 0.701.